The molecule has 0 bridgehead atoms. The second-order valence-electron chi connectivity index (χ2n) is 9.19. The summed E-state index contributed by atoms with van der Waals surface area (Å²) in [6.45, 7) is 18.3. The lowest BCUT2D eigenvalue weighted by Gasteiger charge is -2.38. The molecule has 0 saturated carbocycles. The first-order valence-electron chi connectivity index (χ1n) is 9.82. The molecule has 29 heavy (non-hydrogen) atoms. The molecule has 0 fully saturated rings. The van der Waals surface area contributed by atoms with E-state index in [-0.39, 0.29) is 15.6 Å². The molecule has 1 atom stereocenters. The number of hydrogen-bond donors (Lipinski definition) is 0. The molecule has 0 aliphatic heterocycles. The summed E-state index contributed by atoms with van der Waals surface area (Å²) in [5, 5.41) is 0. The van der Waals surface area contributed by atoms with Crippen LogP contribution in [0.1, 0.15) is 73.4 Å². The third-order valence-corrected chi connectivity index (χ3v) is 13.5. The maximum absolute atomic E-state index is 15.1. The van der Waals surface area contributed by atoms with Crippen molar-refractivity contribution >= 4 is 41.2 Å². The molecule has 1 rings (SSSR count). The average Bonchev–Trinajstić information content (AvgIpc) is 2.57. The molecule has 1 aromatic rings. The molecule has 0 amide bonds. The maximum Gasteiger partial charge on any atom is 0.150 e. The molecular weight excluding hydrogens is 472 g/mol. The Morgan fingerprint density at radius 2 is 1.55 bits per heavy atom. The van der Waals surface area contributed by atoms with Crippen LogP contribution in [-0.2, 0) is 11.0 Å². The van der Waals surface area contributed by atoms with E-state index in [4.69, 9.17) is 0 Å². The molecule has 0 aliphatic carbocycles. The lowest BCUT2D eigenvalue weighted by Crippen LogP contribution is -2.43. The average molecular weight is 505 g/mol. The van der Waals surface area contributed by atoms with Crippen LogP contribution in [0, 0.1) is 23.1 Å². The number of rotatable bonds is 5. The highest BCUT2D eigenvalue weighted by Crippen LogP contribution is 2.41. The van der Waals surface area contributed by atoms with Crippen molar-refractivity contribution in [2.45, 2.75) is 83.7 Å². The van der Waals surface area contributed by atoms with Crippen LogP contribution in [0.25, 0.3) is 0 Å². The van der Waals surface area contributed by atoms with E-state index in [1.807, 2.05) is 0 Å². The van der Waals surface area contributed by atoms with Crippen molar-refractivity contribution in [3.63, 3.8) is 0 Å². The quantitative estimate of drug-likeness (QED) is 0.181. The normalized spacial score (nSPS) is 14.0. The lowest BCUT2D eigenvalue weighted by molar-refractivity contribution is 0.574. The molecule has 0 aliphatic rings. The van der Waals surface area contributed by atoms with Gasteiger partial charge in [0.1, 0.15) is 24.9 Å². The van der Waals surface area contributed by atoms with Crippen LogP contribution in [-0.4, -0.2) is 23.2 Å². The third-order valence-electron chi connectivity index (χ3n) is 5.27. The zero-order chi connectivity index (χ0) is 22.7. The van der Waals surface area contributed by atoms with Gasteiger partial charge in [-0.2, -0.15) is 4.40 Å². The molecule has 0 saturated heterocycles. The van der Waals surface area contributed by atoms with Crippen molar-refractivity contribution in [2.24, 2.45) is 4.40 Å². The SMILES string of the molecule is CC(C)[Si](C#Cc1cc(Br)c(F)c(/C=N/[S@](=O)C(C)(C)C)c1F)(C(C)C)C(C)C. The molecule has 0 N–H and O–H groups in total. The van der Waals surface area contributed by atoms with Gasteiger partial charge >= 0.3 is 0 Å². The highest BCUT2D eigenvalue weighted by molar-refractivity contribution is 9.10. The number of nitrogens with zero attached hydrogens (tertiary/aromatic N) is 1. The monoisotopic (exact) mass is 503 g/mol. The predicted molar refractivity (Wildman–Crippen MR) is 127 cm³/mol. The molecule has 2 nitrogen and oxygen atoms in total. The first-order chi connectivity index (χ1) is 13.2. The second-order valence-corrected chi connectivity index (χ2v) is 17.6. The Morgan fingerprint density at radius 1 is 1.07 bits per heavy atom. The van der Waals surface area contributed by atoms with Crippen molar-refractivity contribution in [3.05, 3.63) is 33.3 Å². The van der Waals surface area contributed by atoms with Crippen molar-refractivity contribution in [1.82, 2.24) is 0 Å². The van der Waals surface area contributed by atoms with Crippen molar-refractivity contribution < 1.29 is 13.0 Å². The Kier molecular flexibility index (Phi) is 9.01. The summed E-state index contributed by atoms with van der Waals surface area (Å²) in [5.41, 5.74) is 4.45. The van der Waals surface area contributed by atoms with Crippen LogP contribution in [0.5, 0.6) is 0 Å². The van der Waals surface area contributed by atoms with E-state index in [1.165, 1.54) is 6.07 Å². The molecule has 162 valence electrons. The van der Waals surface area contributed by atoms with Crippen molar-refractivity contribution in [2.75, 3.05) is 0 Å². The Bertz CT molecular complexity index is 843. The van der Waals surface area contributed by atoms with Crippen molar-refractivity contribution in [3.8, 4) is 11.5 Å². The van der Waals surface area contributed by atoms with Gasteiger partial charge in [0.15, 0.2) is 5.82 Å². The van der Waals surface area contributed by atoms with Crippen LogP contribution in [0.4, 0.5) is 8.78 Å². The summed E-state index contributed by atoms with van der Waals surface area (Å²) in [6.07, 6.45) is 1.01. The number of hydrogen-bond acceptors (Lipinski definition) is 1. The van der Waals surface area contributed by atoms with Crippen LogP contribution >= 0.6 is 15.9 Å². The highest BCUT2D eigenvalue weighted by Gasteiger charge is 2.41. The van der Waals surface area contributed by atoms with E-state index in [0.717, 1.165) is 6.21 Å². The fourth-order valence-corrected chi connectivity index (χ4v) is 9.87. The van der Waals surface area contributed by atoms with Crippen LogP contribution in [0.15, 0.2) is 14.9 Å². The van der Waals surface area contributed by atoms with Gasteiger partial charge in [0.2, 0.25) is 0 Å². The Labute approximate surface area is 186 Å². The minimum Gasteiger partial charge on any atom is -0.234 e. The molecule has 0 radical (unpaired) electrons. The summed E-state index contributed by atoms with van der Waals surface area (Å²) < 4.78 is 45.1. The largest absolute Gasteiger partial charge is 0.234 e. The zero-order valence-corrected chi connectivity index (χ0v) is 22.2. The summed E-state index contributed by atoms with van der Waals surface area (Å²) >= 11 is 3.15. The fraction of sp³-hybridized carbons (Fsp3) is 0.591. The topological polar surface area (TPSA) is 29.4 Å². The number of halogens is 3. The van der Waals surface area contributed by atoms with Gasteiger partial charge in [-0.05, 0) is 59.4 Å². The lowest BCUT2D eigenvalue weighted by atomic mass is 10.1. The molecule has 1 aromatic carbocycles. The van der Waals surface area contributed by atoms with Gasteiger partial charge in [-0.1, -0.05) is 47.5 Å². The van der Waals surface area contributed by atoms with Gasteiger partial charge < -0.3 is 0 Å². The summed E-state index contributed by atoms with van der Waals surface area (Å²) in [6, 6.07) is 1.37. The fourth-order valence-electron chi connectivity index (χ4n) is 3.70. The second kappa shape index (κ2) is 9.98. The van der Waals surface area contributed by atoms with E-state index < -0.39 is 35.4 Å². The smallest absolute Gasteiger partial charge is 0.150 e. The van der Waals surface area contributed by atoms with E-state index in [1.54, 1.807) is 20.8 Å². The van der Waals surface area contributed by atoms with Crippen molar-refractivity contribution in [1.29, 1.82) is 0 Å². The first-order valence-corrected chi connectivity index (χ1v) is 14.0. The van der Waals surface area contributed by atoms with Gasteiger partial charge in [-0.25, -0.2) is 13.0 Å². The Balaban J connectivity index is 3.59. The Morgan fingerprint density at radius 3 is 1.97 bits per heavy atom. The van der Waals surface area contributed by atoms with Crippen LogP contribution in [0.3, 0.4) is 0 Å². The molecule has 0 heterocycles. The molecule has 0 unspecified atom stereocenters. The zero-order valence-electron chi connectivity index (χ0n) is 18.8. The molecular formula is C22H32BrF2NOSSi. The van der Waals surface area contributed by atoms with Gasteiger partial charge in [0.25, 0.3) is 0 Å². The van der Waals surface area contributed by atoms with E-state index in [2.05, 4.69) is 73.3 Å². The van der Waals surface area contributed by atoms with Crippen LogP contribution in [0.2, 0.25) is 16.6 Å². The van der Waals surface area contributed by atoms with Gasteiger partial charge in [0.05, 0.1) is 26.6 Å². The van der Waals surface area contributed by atoms with E-state index in [9.17, 15) is 8.60 Å². The summed E-state index contributed by atoms with van der Waals surface area (Å²) in [7, 11) is -3.67. The van der Waals surface area contributed by atoms with E-state index in [0.29, 0.717) is 16.6 Å². The molecule has 0 aromatic heterocycles. The first kappa shape index (κ1) is 26.2. The molecule has 0 spiro atoms. The summed E-state index contributed by atoms with van der Waals surface area (Å²) in [4.78, 5) is 0. The van der Waals surface area contributed by atoms with Gasteiger partial charge in [-0.15, -0.1) is 5.54 Å². The minimum absolute atomic E-state index is 0.108. The van der Waals surface area contributed by atoms with Gasteiger partial charge in [0, 0.05) is 0 Å². The maximum atomic E-state index is 15.1. The standard InChI is InChI=1S/C22H32BrF2NOSSi/c1-14(2)29(15(3)4,16(5)6)11-10-17-12-19(23)21(25)18(20(17)24)13-26-28(27)22(7,8)9/h12-16H,1-9H3/b26-13+/t28-/m1/s1. The van der Waals surface area contributed by atoms with Gasteiger partial charge in [-0.3, -0.25) is 0 Å². The Hall–Kier alpha value is -0.843. The number of benzene rings is 1. The summed E-state index contributed by atoms with van der Waals surface area (Å²) in [5.74, 6) is 1.48. The molecule has 7 heteroatoms. The highest BCUT2D eigenvalue weighted by atomic mass is 79.9. The minimum atomic E-state index is -2.06. The van der Waals surface area contributed by atoms with E-state index >= 15 is 4.39 Å². The predicted octanol–water partition coefficient (Wildman–Crippen LogP) is 7.18. The third kappa shape index (κ3) is 5.86. The van der Waals surface area contributed by atoms with Crippen LogP contribution < -0.4 is 0 Å².